The molecular weight excluding hydrogens is 179 g/mol. The molecule has 0 fully saturated rings. The fourth-order valence-corrected chi connectivity index (χ4v) is 3.36. The third kappa shape index (κ3) is 0.925. The molecule has 1 aromatic rings. The van der Waals surface area contributed by atoms with Crippen LogP contribution in [-0.4, -0.2) is 17.9 Å². The molecule has 2 aliphatic rings. The van der Waals surface area contributed by atoms with E-state index in [9.17, 15) is 0 Å². The molecule has 3 rings (SSSR count). The molecule has 0 saturated heterocycles. The number of benzene rings is 1. The van der Waals surface area contributed by atoms with Crippen molar-refractivity contribution in [3.63, 3.8) is 0 Å². The van der Waals surface area contributed by atoms with Crippen molar-refractivity contribution in [3.8, 4) is 0 Å². The molecule has 0 spiro atoms. The van der Waals surface area contributed by atoms with Crippen LogP contribution in [0.5, 0.6) is 0 Å². The number of anilines is 1. The molecule has 2 atom stereocenters. The monoisotopic (exact) mass is 190 g/mol. The summed E-state index contributed by atoms with van der Waals surface area (Å²) in [5.41, 5.74) is 1.38. The molecule has 3 heteroatoms. The summed E-state index contributed by atoms with van der Waals surface area (Å²) in [5, 5.41) is 1.49. The van der Waals surface area contributed by atoms with Crippen LogP contribution in [0.25, 0.3) is 0 Å². The first-order valence-electron chi connectivity index (χ1n) is 4.40. The van der Waals surface area contributed by atoms with Gasteiger partial charge in [-0.05, 0) is 14.6 Å². The standard InChI is InChI=1S/C10H11N2P/c1-11-6-7-12-8-4-2-3-5-9(8)13-10(11)12/h2-7,10,13H,1H3. The van der Waals surface area contributed by atoms with E-state index in [4.69, 9.17) is 0 Å². The fraction of sp³-hybridized carbons (Fsp3) is 0.200. The number of para-hydroxylation sites is 1. The van der Waals surface area contributed by atoms with E-state index >= 15 is 0 Å². The van der Waals surface area contributed by atoms with Gasteiger partial charge in [0.05, 0.1) is 5.69 Å². The average Bonchev–Trinajstić information content (AvgIpc) is 2.67. The van der Waals surface area contributed by atoms with Gasteiger partial charge in [-0.3, -0.25) is 0 Å². The molecule has 0 N–H and O–H groups in total. The van der Waals surface area contributed by atoms with Crippen LogP contribution in [0.3, 0.4) is 0 Å². The molecule has 0 aliphatic carbocycles. The Morgan fingerprint density at radius 3 is 3.00 bits per heavy atom. The normalized spacial score (nSPS) is 25.5. The summed E-state index contributed by atoms with van der Waals surface area (Å²) in [7, 11) is 3.02. The molecule has 0 bridgehead atoms. The molecule has 0 amide bonds. The molecule has 2 heterocycles. The molecule has 66 valence electrons. The first-order chi connectivity index (χ1) is 6.36. The van der Waals surface area contributed by atoms with E-state index in [0.29, 0.717) is 5.91 Å². The van der Waals surface area contributed by atoms with Gasteiger partial charge in [-0.25, -0.2) is 0 Å². The van der Waals surface area contributed by atoms with Gasteiger partial charge in [-0.1, -0.05) is 18.2 Å². The fourth-order valence-electron chi connectivity index (χ4n) is 1.88. The lowest BCUT2D eigenvalue weighted by molar-refractivity contribution is 0.461. The molecule has 0 saturated carbocycles. The second-order valence-electron chi connectivity index (χ2n) is 3.41. The molecule has 1 aromatic carbocycles. The topological polar surface area (TPSA) is 6.48 Å². The quantitative estimate of drug-likeness (QED) is 0.572. The van der Waals surface area contributed by atoms with Crippen molar-refractivity contribution >= 4 is 19.6 Å². The minimum Gasteiger partial charge on any atom is -0.355 e. The van der Waals surface area contributed by atoms with E-state index in [2.05, 4.69) is 53.5 Å². The van der Waals surface area contributed by atoms with Gasteiger partial charge >= 0.3 is 0 Å². The Hall–Kier alpha value is -1.01. The summed E-state index contributed by atoms with van der Waals surface area (Å²) in [6.07, 6.45) is 4.32. The molecule has 2 unspecified atom stereocenters. The molecule has 0 aromatic heterocycles. The van der Waals surface area contributed by atoms with Crippen LogP contribution in [0, 0.1) is 0 Å². The Labute approximate surface area is 79.6 Å². The van der Waals surface area contributed by atoms with Crippen LogP contribution in [-0.2, 0) is 0 Å². The largest absolute Gasteiger partial charge is 0.355 e. The molecular formula is C10H11N2P. The van der Waals surface area contributed by atoms with E-state index in [1.54, 1.807) is 0 Å². The highest BCUT2D eigenvalue weighted by Crippen LogP contribution is 2.41. The van der Waals surface area contributed by atoms with E-state index in [0.717, 1.165) is 8.58 Å². The van der Waals surface area contributed by atoms with Crippen molar-refractivity contribution in [2.24, 2.45) is 0 Å². The Morgan fingerprint density at radius 1 is 1.23 bits per heavy atom. The highest BCUT2D eigenvalue weighted by Gasteiger charge is 2.32. The predicted molar refractivity (Wildman–Crippen MR) is 57.6 cm³/mol. The maximum absolute atomic E-state index is 2.35. The predicted octanol–water partition coefficient (Wildman–Crippen LogP) is 1.51. The first-order valence-corrected chi connectivity index (χ1v) is 5.48. The smallest absolute Gasteiger partial charge is 0.126 e. The maximum Gasteiger partial charge on any atom is 0.126 e. The SMILES string of the molecule is CN1C=CN2c3ccccc3PC12. The molecule has 0 radical (unpaired) electrons. The van der Waals surface area contributed by atoms with Crippen molar-refractivity contribution in [3.05, 3.63) is 36.7 Å². The van der Waals surface area contributed by atoms with Gasteiger partial charge < -0.3 is 9.80 Å². The van der Waals surface area contributed by atoms with Crippen LogP contribution in [0.2, 0.25) is 0 Å². The number of rotatable bonds is 0. The third-order valence-electron chi connectivity index (χ3n) is 2.58. The third-order valence-corrected chi connectivity index (χ3v) is 4.26. The van der Waals surface area contributed by atoms with Crippen molar-refractivity contribution in [2.75, 3.05) is 11.9 Å². The van der Waals surface area contributed by atoms with Gasteiger partial charge in [0.15, 0.2) is 0 Å². The zero-order chi connectivity index (χ0) is 8.84. The zero-order valence-corrected chi connectivity index (χ0v) is 8.44. The lowest BCUT2D eigenvalue weighted by Crippen LogP contribution is -2.28. The number of hydrogen-bond acceptors (Lipinski definition) is 2. The minimum absolute atomic E-state index is 0.553. The summed E-state index contributed by atoms with van der Waals surface area (Å²) in [6, 6.07) is 8.66. The van der Waals surface area contributed by atoms with Gasteiger partial charge in [0.1, 0.15) is 5.91 Å². The number of hydrogen-bond donors (Lipinski definition) is 0. The average molecular weight is 190 g/mol. The second-order valence-corrected chi connectivity index (χ2v) is 4.75. The number of nitrogens with zero attached hydrogens (tertiary/aromatic N) is 2. The molecule has 13 heavy (non-hydrogen) atoms. The summed E-state index contributed by atoms with van der Waals surface area (Å²) in [5.74, 6) is 0.553. The number of fused-ring (bicyclic) bond motifs is 3. The Bertz CT molecular complexity index is 375. The van der Waals surface area contributed by atoms with Crippen LogP contribution in [0.4, 0.5) is 5.69 Å². The summed E-state index contributed by atoms with van der Waals surface area (Å²) in [6.45, 7) is 0. The first kappa shape index (κ1) is 7.40. The van der Waals surface area contributed by atoms with Gasteiger partial charge in [0.2, 0.25) is 0 Å². The Kier molecular flexibility index (Phi) is 1.42. The van der Waals surface area contributed by atoms with Gasteiger partial charge in [0.25, 0.3) is 0 Å². The lowest BCUT2D eigenvalue weighted by atomic mass is 10.3. The highest BCUT2D eigenvalue weighted by atomic mass is 31.1. The summed E-state index contributed by atoms with van der Waals surface area (Å²) < 4.78 is 0. The summed E-state index contributed by atoms with van der Waals surface area (Å²) >= 11 is 0. The van der Waals surface area contributed by atoms with Crippen LogP contribution in [0.15, 0.2) is 36.7 Å². The molecule has 2 aliphatic heterocycles. The maximum atomic E-state index is 2.35. The Balaban J connectivity index is 2.09. The highest BCUT2D eigenvalue weighted by molar-refractivity contribution is 7.49. The van der Waals surface area contributed by atoms with Crippen molar-refractivity contribution in [1.29, 1.82) is 0 Å². The van der Waals surface area contributed by atoms with E-state index < -0.39 is 0 Å². The lowest BCUT2D eigenvalue weighted by Gasteiger charge is -2.22. The van der Waals surface area contributed by atoms with Crippen LogP contribution >= 0.6 is 8.58 Å². The zero-order valence-electron chi connectivity index (χ0n) is 7.44. The Morgan fingerprint density at radius 2 is 2.08 bits per heavy atom. The van der Waals surface area contributed by atoms with E-state index in [-0.39, 0.29) is 0 Å². The van der Waals surface area contributed by atoms with Crippen LogP contribution in [0.1, 0.15) is 0 Å². The second kappa shape index (κ2) is 2.49. The minimum atomic E-state index is 0.553. The van der Waals surface area contributed by atoms with Crippen molar-refractivity contribution in [2.45, 2.75) is 5.91 Å². The van der Waals surface area contributed by atoms with Gasteiger partial charge in [-0.15, -0.1) is 0 Å². The van der Waals surface area contributed by atoms with Gasteiger partial charge in [0, 0.05) is 24.8 Å². The van der Waals surface area contributed by atoms with Crippen LogP contribution < -0.4 is 10.2 Å². The molecule has 2 nitrogen and oxygen atoms in total. The van der Waals surface area contributed by atoms with Crippen molar-refractivity contribution in [1.82, 2.24) is 4.90 Å². The van der Waals surface area contributed by atoms with Crippen molar-refractivity contribution < 1.29 is 0 Å². The summed E-state index contributed by atoms with van der Waals surface area (Å²) in [4.78, 5) is 4.63. The van der Waals surface area contributed by atoms with Gasteiger partial charge in [-0.2, -0.15) is 0 Å². The van der Waals surface area contributed by atoms with E-state index in [1.165, 1.54) is 11.0 Å². The van der Waals surface area contributed by atoms with E-state index in [1.807, 2.05) is 0 Å².